The molecule has 3 aromatic rings. The maximum Gasteiger partial charge on any atom is 0.170 e. The second-order valence-corrected chi connectivity index (χ2v) is 5.16. The zero-order valence-corrected chi connectivity index (χ0v) is 13.1. The van der Waals surface area contributed by atoms with Crippen molar-refractivity contribution < 1.29 is 9.53 Å². The molecule has 0 aliphatic carbocycles. The van der Waals surface area contributed by atoms with Gasteiger partial charge < -0.3 is 4.74 Å². The first kappa shape index (κ1) is 15.0. The lowest BCUT2D eigenvalue weighted by Gasteiger charge is -2.09. The number of aryl methyl sites for hydroxylation is 1. The zero-order chi connectivity index (χ0) is 16.2. The van der Waals surface area contributed by atoms with E-state index in [4.69, 9.17) is 4.74 Å². The number of ketones is 1. The summed E-state index contributed by atoms with van der Waals surface area (Å²) < 4.78 is 7.06. The van der Waals surface area contributed by atoms with Crippen LogP contribution in [-0.2, 0) is 6.42 Å². The van der Waals surface area contributed by atoms with Gasteiger partial charge in [0.05, 0.1) is 13.5 Å². The van der Waals surface area contributed by atoms with Gasteiger partial charge in [-0.25, -0.2) is 0 Å². The van der Waals surface area contributed by atoms with Crippen LogP contribution in [-0.4, -0.2) is 27.7 Å². The number of benzene rings is 2. The normalized spacial score (nSPS) is 10.5. The molecule has 0 saturated heterocycles. The molecule has 116 valence electrons. The van der Waals surface area contributed by atoms with Gasteiger partial charge in [-0.15, -0.1) is 10.2 Å². The van der Waals surface area contributed by atoms with E-state index in [-0.39, 0.29) is 12.2 Å². The van der Waals surface area contributed by atoms with Gasteiger partial charge in [0.15, 0.2) is 5.78 Å². The van der Waals surface area contributed by atoms with Crippen LogP contribution in [0, 0.1) is 6.92 Å². The van der Waals surface area contributed by atoms with E-state index in [2.05, 4.69) is 10.2 Å². The summed E-state index contributed by atoms with van der Waals surface area (Å²) in [6, 6.07) is 16.8. The van der Waals surface area contributed by atoms with Gasteiger partial charge in [-0.1, -0.05) is 30.3 Å². The van der Waals surface area contributed by atoms with Crippen LogP contribution < -0.4 is 4.74 Å². The van der Waals surface area contributed by atoms with Crippen LogP contribution in [0.4, 0.5) is 0 Å². The van der Waals surface area contributed by atoms with E-state index in [0.717, 1.165) is 17.3 Å². The van der Waals surface area contributed by atoms with Crippen molar-refractivity contribution in [2.45, 2.75) is 13.3 Å². The molecule has 2 aromatic carbocycles. The molecule has 0 radical (unpaired) electrons. The van der Waals surface area contributed by atoms with E-state index in [1.54, 1.807) is 7.11 Å². The van der Waals surface area contributed by atoms with Crippen molar-refractivity contribution in [2.75, 3.05) is 7.11 Å². The van der Waals surface area contributed by atoms with E-state index < -0.39 is 0 Å². The Morgan fingerprint density at radius 2 is 1.74 bits per heavy atom. The van der Waals surface area contributed by atoms with Crippen LogP contribution >= 0.6 is 0 Å². The van der Waals surface area contributed by atoms with Crippen molar-refractivity contribution in [1.82, 2.24) is 14.8 Å². The first-order chi connectivity index (χ1) is 11.2. The Morgan fingerprint density at radius 1 is 1.04 bits per heavy atom. The molecular weight excluding hydrogens is 290 g/mol. The zero-order valence-electron chi connectivity index (χ0n) is 13.1. The average molecular weight is 307 g/mol. The second kappa shape index (κ2) is 6.44. The Hall–Kier alpha value is -2.95. The maximum atomic E-state index is 12.4. The van der Waals surface area contributed by atoms with Gasteiger partial charge in [-0.05, 0) is 31.2 Å². The van der Waals surface area contributed by atoms with Gasteiger partial charge in [0.1, 0.15) is 17.4 Å². The Labute approximate surface area is 134 Å². The van der Waals surface area contributed by atoms with Gasteiger partial charge in [-0.3, -0.25) is 9.36 Å². The highest BCUT2D eigenvalue weighted by molar-refractivity contribution is 5.97. The van der Waals surface area contributed by atoms with E-state index in [1.165, 1.54) is 0 Å². The van der Waals surface area contributed by atoms with Crippen molar-refractivity contribution in [3.05, 3.63) is 71.8 Å². The van der Waals surface area contributed by atoms with Crippen molar-refractivity contribution in [3.63, 3.8) is 0 Å². The topological polar surface area (TPSA) is 57.0 Å². The molecule has 0 atom stereocenters. The smallest absolute Gasteiger partial charge is 0.170 e. The van der Waals surface area contributed by atoms with Gasteiger partial charge >= 0.3 is 0 Å². The number of hydrogen-bond donors (Lipinski definition) is 0. The molecular formula is C18H17N3O2. The fraction of sp³-hybridized carbons (Fsp3) is 0.167. The summed E-state index contributed by atoms with van der Waals surface area (Å²) in [5, 5.41) is 8.27. The molecule has 5 heteroatoms. The van der Waals surface area contributed by atoms with Crippen molar-refractivity contribution >= 4 is 5.78 Å². The van der Waals surface area contributed by atoms with Crippen LogP contribution in [0.2, 0.25) is 0 Å². The number of rotatable bonds is 5. The standard InChI is InChI=1S/C18H17N3O2/c1-13-19-20-18(12-17(22)14-6-4-3-5-7-14)21(13)15-8-10-16(23-2)11-9-15/h3-11H,12H2,1-2H3. The molecule has 0 aliphatic rings. The predicted octanol–water partition coefficient (Wildman–Crippen LogP) is 3.01. The minimum atomic E-state index is 0.0211. The number of methoxy groups -OCH3 is 1. The summed E-state index contributed by atoms with van der Waals surface area (Å²) in [4.78, 5) is 12.4. The Balaban J connectivity index is 1.91. The van der Waals surface area contributed by atoms with Gasteiger partial charge in [-0.2, -0.15) is 0 Å². The summed E-state index contributed by atoms with van der Waals surface area (Å²) in [6.07, 6.45) is 0.205. The minimum absolute atomic E-state index is 0.0211. The molecule has 1 heterocycles. The molecule has 0 amide bonds. The van der Waals surface area contributed by atoms with Crippen molar-refractivity contribution in [3.8, 4) is 11.4 Å². The SMILES string of the molecule is COc1ccc(-n2c(C)nnc2CC(=O)c2ccccc2)cc1. The molecule has 5 nitrogen and oxygen atoms in total. The number of aromatic nitrogens is 3. The quantitative estimate of drug-likeness (QED) is 0.680. The highest BCUT2D eigenvalue weighted by atomic mass is 16.5. The Bertz CT molecular complexity index is 808. The van der Waals surface area contributed by atoms with E-state index in [9.17, 15) is 4.79 Å². The minimum Gasteiger partial charge on any atom is -0.497 e. The van der Waals surface area contributed by atoms with Crippen LogP contribution in [0.15, 0.2) is 54.6 Å². The molecule has 0 fully saturated rings. The average Bonchev–Trinajstić information content (AvgIpc) is 2.96. The summed E-state index contributed by atoms with van der Waals surface area (Å²) in [6.45, 7) is 1.87. The summed E-state index contributed by atoms with van der Waals surface area (Å²) >= 11 is 0. The molecule has 0 aliphatic heterocycles. The Kier molecular flexibility index (Phi) is 4.19. The monoisotopic (exact) mass is 307 g/mol. The van der Waals surface area contributed by atoms with E-state index in [1.807, 2.05) is 66.1 Å². The lowest BCUT2D eigenvalue weighted by atomic mass is 10.1. The number of hydrogen-bond acceptors (Lipinski definition) is 4. The van der Waals surface area contributed by atoms with Gasteiger partial charge in [0.25, 0.3) is 0 Å². The predicted molar refractivity (Wildman–Crippen MR) is 87.1 cm³/mol. The number of ether oxygens (including phenoxy) is 1. The van der Waals surface area contributed by atoms with Crippen LogP contribution in [0.5, 0.6) is 5.75 Å². The molecule has 0 unspecified atom stereocenters. The van der Waals surface area contributed by atoms with Crippen LogP contribution in [0.3, 0.4) is 0 Å². The number of nitrogens with zero attached hydrogens (tertiary/aromatic N) is 3. The van der Waals surface area contributed by atoms with Crippen molar-refractivity contribution in [2.24, 2.45) is 0 Å². The summed E-state index contributed by atoms with van der Waals surface area (Å²) in [7, 11) is 1.63. The Morgan fingerprint density at radius 3 is 2.39 bits per heavy atom. The summed E-state index contributed by atoms with van der Waals surface area (Å²) in [5.41, 5.74) is 1.58. The number of carbonyl (C=O) groups excluding carboxylic acids is 1. The van der Waals surface area contributed by atoms with Crippen molar-refractivity contribution in [1.29, 1.82) is 0 Å². The van der Waals surface area contributed by atoms with E-state index in [0.29, 0.717) is 11.4 Å². The van der Waals surface area contributed by atoms with Gasteiger partial charge in [0.2, 0.25) is 0 Å². The first-order valence-electron chi connectivity index (χ1n) is 7.32. The third kappa shape index (κ3) is 3.13. The third-order valence-corrected chi connectivity index (χ3v) is 3.64. The fourth-order valence-electron chi connectivity index (χ4n) is 2.46. The molecule has 0 N–H and O–H groups in total. The lowest BCUT2D eigenvalue weighted by Crippen LogP contribution is -2.10. The summed E-state index contributed by atoms with van der Waals surface area (Å²) in [5.74, 6) is 2.17. The molecule has 0 spiro atoms. The second-order valence-electron chi connectivity index (χ2n) is 5.16. The molecule has 0 saturated carbocycles. The largest absolute Gasteiger partial charge is 0.497 e. The fourth-order valence-corrected chi connectivity index (χ4v) is 2.46. The highest BCUT2D eigenvalue weighted by Crippen LogP contribution is 2.18. The highest BCUT2D eigenvalue weighted by Gasteiger charge is 2.15. The third-order valence-electron chi connectivity index (χ3n) is 3.64. The lowest BCUT2D eigenvalue weighted by molar-refractivity contribution is 0.0990. The van der Waals surface area contributed by atoms with Crippen LogP contribution in [0.25, 0.3) is 5.69 Å². The number of carbonyl (C=O) groups is 1. The first-order valence-corrected chi connectivity index (χ1v) is 7.32. The molecule has 0 bridgehead atoms. The molecule has 3 rings (SSSR count). The number of Topliss-reactive ketones (excluding diaryl/α,β-unsaturated/α-hetero) is 1. The maximum absolute atomic E-state index is 12.4. The molecule has 23 heavy (non-hydrogen) atoms. The van der Waals surface area contributed by atoms with Gasteiger partial charge in [0, 0.05) is 11.3 Å². The van der Waals surface area contributed by atoms with Crippen LogP contribution in [0.1, 0.15) is 22.0 Å². The molecule has 1 aromatic heterocycles. The van der Waals surface area contributed by atoms with E-state index >= 15 is 0 Å².